The molecule has 2 rings (SSSR count). The van der Waals surface area contributed by atoms with Gasteiger partial charge in [-0.05, 0) is 43.0 Å². The Labute approximate surface area is 120 Å². The Bertz CT molecular complexity index is 473. The molecule has 0 radical (unpaired) electrons. The van der Waals surface area contributed by atoms with Crippen molar-refractivity contribution in [3.05, 3.63) is 23.8 Å². The maximum absolute atomic E-state index is 11.3. The van der Waals surface area contributed by atoms with Gasteiger partial charge in [-0.25, -0.2) is 0 Å². The molecule has 1 aromatic carbocycles. The molecular weight excluding hydrogens is 254 g/mol. The van der Waals surface area contributed by atoms with Crippen LogP contribution in [0.4, 0.5) is 5.69 Å². The van der Waals surface area contributed by atoms with Gasteiger partial charge in [0.15, 0.2) is 0 Å². The van der Waals surface area contributed by atoms with Crippen LogP contribution in [0.25, 0.3) is 0 Å². The molecule has 0 aromatic heterocycles. The molecule has 4 nitrogen and oxygen atoms in total. The summed E-state index contributed by atoms with van der Waals surface area (Å²) >= 11 is 0. The Balaban J connectivity index is 2.07. The second kappa shape index (κ2) is 6.75. The third-order valence-corrected chi connectivity index (χ3v) is 3.68. The van der Waals surface area contributed by atoms with Crippen LogP contribution >= 0.6 is 0 Å². The first kappa shape index (κ1) is 14.9. The maximum Gasteiger partial charge on any atom is 0.224 e. The minimum Gasteiger partial charge on any atom is -0.488 e. The van der Waals surface area contributed by atoms with E-state index in [1.54, 1.807) is 0 Å². The Kier molecular flexibility index (Phi) is 5.01. The second-order valence-electron chi connectivity index (χ2n) is 5.29. The van der Waals surface area contributed by atoms with Crippen LogP contribution in [0.3, 0.4) is 0 Å². The van der Waals surface area contributed by atoms with Crippen LogP contribution in [-0.4, -0.2) is 23.2 Å². The number of nitrogens with one attached hydrogen (secondary N) is 1. The van der Waals surface area contributed by atoms with Crippen LogP contribution in [0, 0.1) is 0 Å². The van der Waals surface area contributed by atoms with E-state index in [0.717, 1.165) is 42.7 Å². The van der Waals surface area contributed by atoms with E-state index in [1.807, 2.05) is 25.1 Å². The molecule has 0 saturated carbocycles. The first-order valence-electron chi connectivity index (χ1n) is 7.41. The average molecular weight is 277 g/mol. The van der Waals surface area contributed by atoms with Crippen molar-refractivity contribution in [2.24, 2.45) is 0 Å². The van der Waals surface area contributed by atoms with Gasteiger partial charge in [0.05, 0.1) is 6.10 Å². The summed E-state index contributed by atoms with van der Waals surface area (Å²) in [6.07, 6.45) is 3.12. The molecule has 2 atom stereocenters. The highest BCUT2D eigenvalue weighted by molar-refractivity contribution is 5.93. The van der Waals surface area contributed by atoms with Gasteiger partial charge >= 0.3 is 0 Å². The normalized spacial score (nSPS) is 17.1. The van der Waals surface area contributed by atoms with E-state index in [2.05, 4.69) is 12.2 Å². The lowest BCUT2D eigenvalue weighted by Gasteiger charge is -2.24. The van der Waals surface area contributed by atoms with Crippen LogP contribution in [0.1, 0.15) is 45.1 Å². The Morgan fingerprint density at radius 2 is 2.15 bits per heavy atom. The molecule has 1 aliphatic heterocycles. The molecule has 2 N–H and O–H groups in total. The predicted molar refractivity (Wildman–Crippen MR) is 79.0 cm³/mol. The first-order valence-corrected chi connectivity index (χ1v) is 7.41. The number of hydrogen-bond donors (Lipinski definition) is 2. The van der Waals surface area contributed by atoms with Gasteiger partial charge in [-0.1, -0.05) is 20.3 Å². The van der Waals surface area contributed by atoms with Crippen molar-refractivity contribution in [2.75, 3.05) is 5.32 Å². The monoisotopic (exact) mass is 277 g/mol. The van der Waals surface area contributed by atoms with Crippen molar-refractivity contribution < 1.29 is 14.6 Å². The SMILES string of the molecule is CCCC(O)C(CC)Oc1ccc2c(c1)CCC(=O)N2. The van der Waals surface area contributed by atoms with Gasteiger partial charge in [0.1, 0.15) is 11.9 Å². The fourth-order valence-electron chi connectivity index (χ4n) is 2.52. The molecule has 110 valence electrons. The molecule has 4 heteroatoms. The zero-order valence-corrected chi connectivity index (χ0v) is 12.2. The summed E-state index contributed by atoms with van der Waals surface area (Å²) in [7, 11) is 0. The van der Waals surface area contributed by atoms with Crippen molar-refractivity contribution in [3.63, 3.8) is 0 Å². The Morgan fingerprint density at radius 1 is 1.35 bits per heavy atom. The predicted octanol–water partition coefficient (Wildman–Crippen LogP) is 2.89. The summed E-state index contributed by atoms with van der Waals surface area (Å²) in [5.41, 5.74) is 1.97. The highest BCUT2D eigenvalue weighted by Crippen LogP contribution is 2.28. The summed E-state index contributed by atoms with van der Waals surface area (Å²) in [5, 5.41) is 12.9. The minimum atomic E-state index is -0.430. The minimum absolute atomic E-state index is 0.0657. The number of carbonyl (C=O) groups excluding carboxylic acids is 1. The lowest BCUT2D eigenvalue weighted by Crippen LogP contribution is -2.31. The van der Waals surface area contributed by atoms with Gasteiger partial charge in [-0.15, -0.1) is 0 Å². The molecule has 1 aromatic rings. The average Bonchev–Trinajstić information content (AvgIpc) is 2.45. The van der Waals surface area contributed by atoms with E-state index in [1.165, 1.54) is 0 Å². The van der Waals surface area contributed by atoms with E-state index >= 15 is 0 Å². The van der Waals surface area contributed by atoms with Gasteiger partial charge in [0.25, 0.3) is 0 Å². The molecule has 0 fully saturated rings. The van der Waals surface area contributed by atoms with Crippen molar-refractivity contribution in [2.45, 2.75) is 58.2 Å². The molecule has 1 aliphatic rings. The first-order chi connectivity index (χ1) is 9.63. The van der Waals surface area contributed by atoms with Crippen molar-refractivity contribution in [1.29, 1.82) is 0 Å². The van der Waals surface area contributed by atoms with Crippen LogP contribution in [-0.2, 0) is 11.2 Å². The number of carbonyl (C=O) groups is 1. The quantitative estimate of drug-likeness (QED) is 0.840. The van der Waals surface area contributed by atoms with Crippen molar-refractivity contribution >= 4 is 11.6 Å². The molecule has 0 spiro atoms. The number of ether oxygens (including phenoxy) is 1. The molecule has 0 saturated heterocycles. The summed E-state index contributed by atoms with van der Waals surface area (Å²) in [5.74, 6) is 0.831. The lowest BCUT2D eigenvalue weighted by atomic mass is 10.0. The van der Waals surface area contributed by atoms with Gasteiger partial charge in [-0.3, -0.25) is 4.79 Å². The molecule has 1 amide bonds. The van der Waals surface area contributed by atoms with E-state index in [0.29, 0.717) is 6.42 Å². The molecular formula is C16H23NO3. The summed E-state index contributed by atoms with van der Waals surface area (Å²) in [6, 6.07) is 5.70. The smallest absolute Gasteiger partial charge is 0.224 e. The molecule has 1 heterocycles. The largest absolute Gasteiger partial charge is 0.488 e. The van der Waals surface area contributed by atoms with Crippen LogP contribution < -0.4 is 10.1 Å². The van der Waals surface area contributed by atoms with Gasteiger partial charge in [0, 0.05) is 12.1 Å². The Morgan fingerprint density at radius 3 is 2.85 bits per heavy atom. The highest BCUT2D eigenvalue weighted by Gasteiger charge is 2.20. The highest BCUT2D eigenvalue weighted by atomic mass is 16.5. The maximum atomic E-state index is 11.3. The lowest BCUT2D eigenvalue weighted by molar-refractivity contribution is -0.116. The fourth-order valence-corrected chi connectivity index (χ4v) is 2.52. The number of aliphatic hydroxyl groups is 1. The Hall–Kier alpha value is -1.55. The summed E-state index contributed by atoms with van der Waals surface area (Å²) < 4.78 is 5.91. The standard InChI is InChI=1S/C16H23NO3/c1-3-5-14(18)15(4-2)20-12-7-8-13-11(10-12)6-9-16(19)17-13/h7-8,10,14-15,18H,3-6,9H2,1-2H3,(H,17,19). The molecule has 0 bridgehead atoms. The second-order valence-corrected chi connectivity index (χ2v) is 5.29. The van der Waals surface area contributed by atoms with Gasteiger partial charge in [-0.2, -0.15) is 0 Å². The van der Waals surface area contributed by atoms with E-state index in [4.69, 9.17) is 4.74 Å². The van der Waals surface area contributed by atoms with Gasteiger partial charge < -0.3 is 15.2 Å². The zero-order chi connectivity index (χ0) is 14.5. The van der Waals surface area contributed by atoms with E-state index in [-0.39, 0.29) is 12.0 Å². The number of fused-ring (bicyclic) bond motifs is 1. The van der Waals surface area contributed by atoms with E-state index in [9.17, 15) is 9.90 Å². The number of amides is 1. The third kappa shape index (κ3) is 3.51. The number of anilines is 1. The zero-order valence-electron chi connectivity index (χ0n) is 12.2. The number of aliphatic hydroxyl groups excluding tert-OH is 1. The number of rotatable bonds is 6. The van der Waals surface area contributed by atoms with Crippen LogP contribution in [0.15, 0.2) is 18.2 Å². The van der Waals surface area contributed by atoms with Gasteiger partial charge in [0.2, 0.25) is 5.91 Å². The fraction of sp³-hybridized carbons (Fsp3) is 0.562. The van der Waals surface area contributed by atoms with Crippen molar-refractivity contribution in [1.82, 2.24) is 0 Å². The van der Waals surface area contributed by atoms with Crippen LogP contribution in [0.5, 0.6) is 5.75 Å². The molecule has 2 unspecified atom stereocenters. The molecule has 20 heavy (non-hydrogen) atoms. The summed E-state index contributed by atoms with van der Waals surface area (Å²) in [4.78, 5) is 11.3. The van der Waals surface area contributed by atoms with Crippen molar-refractivity contribution in [3.8, 4) is 5.75 Å². The van der Waals surface area contributed by atoms with Crippen LogP contribution in [0.2, 0.25) is 0 Å². The number of aryl methyl sites for hydroxylation is 1. The third-order valence-electron chi connectivity index (χ3n) is 3.68. The summed E-state index contributed by atoms with van der Waals surface area (Å²) in [6.45, 7) is 4.07. The topological polar surface area (TPSA) is 58.6 Å². The van der Waals surface area contributed by atoms with E-state index < -0.39 is 6.10 Å². The number of benzene rings is 1. The number of hydrogen-bond acceptors (Lipinski definition) is 3. The molecule has 0 aliphatic carbocycles.